The van der Waals surface area contributed by atoms with Crippen LogP contribution in [0.5, 0.6) is 0 Å². The molecule has 3 rings (SSSR count). The fourth-order valence-corrected chi connectivity index (χ4v) is 3.34. The zero-order valence-corrected chi connectivity index (χ0v) is 15.0. The van der Waals surface area contributed by atoms with Crippen molar-refractivity contribution in [3.05, 3.63) is 68.7 Å². The van der Waals surface area contributed by atoms with Crippen LogP contribution in [0, 0.1) is 10.1 Å². The molecule has 0 aromatic heterocycles. The first-order chi connectivity index (χ1) is 12.7. The van der Waals surface area contributed by atoms with Crippen molar-refractivity contribution in [1.29, 1.82) is 0 Å². The van der Waals surface area contributed by atoms with Crippen LogP contribution in [0.1, 0.15) is 11.1 Å². The predicted octanol–water partition coefficient (Wildman–Crippen LogP) is 4.59. The summed E-state index contributed by atoms with van der Waals surface area (Å²) in [4.78, 5) is 14.6. The van der Waals surface area contributed by atoms with Gasteiger partial charge in [-0.3, -0.25) is 15.0 Å². The average molecular weight is 400 g/mol. The van der Waals surface area contributed by atoms with Crippen molar-refractivity contribution in [2.24, 2.45) is 0 Å². The van der Waals surface area contributed by atoms with Gasteiger partial charge in [-0.15, -0.1) is 0 Å². The Kier molecular flexibility index (Phi) is 5.57. The number of nitrogens with zero attached hydrogens (tertiary/aromatic N) is 3. The van der Waals surface area contributed by atoms with Crippen molar-refractivity contribution < 1.29 is 18.1 Å². The Morgan fingerprint density at radius 3 is 2.41 bits per heavy atom. The van der Waals surface area contributed by atoms with Gasteiger partial charge < -0.3 is 4.90 Å². The number of anilines is 1. The molecule has 0 unspecified atom stereocenters. The fraction of sp³-hybridized carbons (Fsp3) is 0.333. The summed E-state index contributed by atoms with van der Waals surface area (Å²) in [6.07, 6.45) is -4.37. The van der Waals surface area contributed by atoms with Crippen molar-refractivity contribution in [2.45, 2.75) is 12.7 Å². The topological polar surface area (TPSA) is 49.6 Å². The molecule has 1 aliphatic heterocycles. The molecule has 0 atom stereocenters. The van der Waals surface area contributed by atoms with E-state index < -0.39 is 16.7 Å². The molecule has 1 saturated heterocycles. The monoisotopic (exact) mass is 399 g/mol. The number of rotatable bonds is 4. The van der Waals surface area contributed by atoms with E-state index in [9.17, 15) is 23.3 Å². The summed E-state index contributed by atoms with van der Waals surface area (Å²) < 4.78 is 38.6. The van der Waals surface area contributed by atoms with Crippen LogP contribution in [0.25, 0.3) is 0 Å². The first-order valence-electron chi connectivity index (χ1n) is 8.31. The zero-order chi connectivity index (χ0) is 19.6. The number of nitro benzene ring substituents is 1. The van der Waals surface area contributed by atoms with Crippen LogP contribution in [-0.4, -0.2) is 36.0 Å². The highest BCUT2D eigenvalue weighted by atomic mass is 35.5. The Morgan fingerprint density at radius 1 is 1.07 bits per heavy atom. The van der Waals surface area contributed by atoms with E-state index >= 15 is 0 Å². The number of piperazine rings is 1. The van der Waals surface area contributed by atoms with E-state index in [0.29, 0.717) is 49.0 Å². The minimum Gasteiger partial charge on any atom is -0.369 e. The highest BCUT2D eigenvalue weighted by molar-refractivity contribution is 6.30. The molecule has 0 aliphatic carbocycles. The fourth-order valence-electron chi connectivity index (χ4n) is 3.14. The van der Waals surface area contributed by atoms with Gasteiger partial charge in [-0.25, -0.2) is 0 Å². The lowest BCUT2D eigenvalue weighted by molar-refractivity contribution is -0.385. The minimum absolute atomic E-state index is 0.0136. The molecule has 2 aromatic rings. The number of hydrogen-bond acceptors (Lipinski definition) is 4. The van der Waals surface area contributed by atoms with Gasteiger partial charge in [0.25, 0.3) is 5.69 Å². The summed E-state index contributed by atoms with van der Waals surface area (Å²) in [6, 6.07) is 9.71. The van der Waals surface area contributed by atoms with Crippen LogP contribution in [-0.2, 0) is 12.7 Å². The second kappa shape index (κ2) is 7.74. The molecule has 0 amide bonds. The number of benzene rings is 2. The summed E-state index contributed by atoms with van der Waals surface area (Å²) in [7, 11) is 0. The highest BCUT2D eigenvalue weighted by Gasteiger charge is 2.31. The molecule has 0 saturated carbocycles. The molecule has 9 heteroatoms. The molecular weight excluding hydrogens is 383 g/mol. The molecule has 0 radical (unpaired) electrons. The van der Waals surface area contributed by atoms with Crippen molar-refractivity contribution in [2.75, 3.05) is 31.1 Å². The van der Waals surface area contributed by atoms with Crippen molar-refractivity contribution in [3.8, 4) is 0 Å². The second-order valence-corrected chi connectivity index (χ2v) is 6.78. The van der Waals surface area contributed by atoms with Crippen LogP contribution >= 0.6 is 11.6 Å². The Balaban J connectivity index is 1.67. The van der Waals surface area contributed by atoms with Gasteiger partial charge >= 0.3 is 6.18 Å². The molecular formula is C18H17ClF3N3O2. The molecule has 1 fully saturated rings. The van der Waals surface area contributed by atoms with Gasteiger partial charge in [0.2, 0.25) is 0 Å². The number of nitro groups is 1. The van der Waals surface area contributed by atoms with Crippen molar-refractivity contribution in [3.63, 3.8) is 0 Å². The Morgan fingerprint density at radius 2 is 1.78 bits per heavy atom. The van der Waals surface area contributed by atoms with E-state index in [1.807, 2.05) is 9.80 Å². The first-order valence-corrected chi connectivity index (χ1v) is 8.69. The van der Waals surface area contributed by atoms with Crippen LogP contribution in [0.3, 0.4) is 0 Å². The maximum absolute atomic E-state index is 12.9. The molecule has 0 spiro atoms. The number of hydrogen-bond donors (Lipinski definition) is 0. The van der Waals surface area contributed by atoms with E-state index in [2.05, 4.69) is 0 Å². The lowest BCUT2D eigenvalue weighted by Gasteiger charge is -2.36. The summed E-state index contributed by atoms with van der Waals surface area (Å²) in [5.41, 5.74) is 0.398. The van der Waals surface area contributed by atoms with Crippen molar-refractivity contribution >= 4 is 23.0 Å². The second-order valence-electron chi connectivity index (χ2n) is 6.34. The Hall–Kier alpha value is -2.32. The third-order valence-electron chi connectivity index (χ3n) is 4.54. The van der Waals surface area contributed by atoms with Crippen LogP contribution < -0.4 is 4.90 Å². The van der Waals surface area contributed by atoms with E-state index in [0.717, 1.165) is 12.1 Å². The molecule has 27 heavy (non-hydrogen) atoms. The van der Waals surface area contributed by atoms with Gasteiger partial charge in [0.05, 0.1) is 10.5 Å². The lowest BCUT2D eigenvalue weighted by Crippen LogP contribution is -2.46. The van der Waals surface area contributed by atoms with Crippen LogP contribution in [0.2, 0.25) is 5.02 Å². The molecule has 2 aromatic carbocycles. The van der Waals surface area contributed by atoms with Gasteiger partial charge in [-0.05, 0) is 30.3 Å². The molecule has 1 heterocycles. The molecule has 0 bridgehead atoms. The predicted molar refractivity (Wildman–Crippen MR) is 97.0 cm³/mol. The number of alkyl halides is 3. The minimum atomic E-state index is -4.37. The van der Waals surface area contributed by atoms with E-state index in [-0.39, 0.29) is 5.69 Å². The van der Waals surface area contributed by atoms with E-state index in [1.165, 1.54) is 18.2 Å². The molecule has 144 valence electrons. The lowest BCUT2D eigenvalue weighted by atomic mass is 10.1. The van der Waals surface area contributed by atoms with Crippen LogP contribution in [0.4, 0.5) is 24.5 Å². The van der Waals surface area contributed by atoms with Crippen LogP contribution in [0.15, 0.2) is 42.5 Å². The summed E-state index contributed by atoms with van der Waals surface area (Å²) in [5.74, 6) is 0. The molecule has 0 N–H and O–H groups in total. The SMILES string of the molecule is O=[N+]([O-])c1ccc(Cl)cc1CN1CCN(c2cccc(C(F)(F)F)c2)CC1. The van der Waals surface area contributed by atoms with Gasteiger partial charge in [0, 0.05) is 55.1 Å². The Labute approximate surface area is 159 Å². The van der Waals surface area contributed by atoms with Gasteiger partial charge in [-0.1, -0.05) is 17.7 Å². The number of halogens is 4. The van der Waals surface area contributed by atoms with Gasteiger partial charge in [-0.2, -0.15) is 13.2 Å². The quantitative estimate of drug-likeness (QED) is 0.557. The standard InChI is InChI=1S/C18H17ClF3N3O2/c19-15-4-5-17(25(26)27)13(10-15)12-23-6-8-24(9-7-23)16-3-1-2-14(11-16)18(20,21)22/h1-5,10-11H,6-9,12H2. The Bertz CT molecular complexity index is 837. The van der Waals surface area contributed by atoms with Gasteiger partial charge in [0.1, 0.15) is 0 Å². The summed E-state index contributed by atoms with van der Waals surface area (Å²) in [5, 5.41) is 11.6. The average Bonchev–Trinajstić information content (AvgIpc) is 2.61. The summed E-state index contributed by atoms with van der Waals surface area (Å²) in [6.45, 7) is 2.61. The molecule has 1 aliphatic rings. The van der Waals surface area contributed by atoms with Crippen molar-refractivity contribution in [1.82, 2.24) is 4.90 Å². The third-order valence-corrected chi connectivity index (χ3v) is 4.78. The molecule has 5 nitrogen and oxygen atoms in total. The van der Waals surface area contributed by atoms with E-state index in [1.54, 1.807) is 12.1 Å². The van der Waals surface area contributed by atoms with E-state index in [4.69, 9.17) is 11.6 Å². The maximum atomic E-state index is 12.9. The smallest absolute Gasteiger partial charge is 0.369 e. The normalized spacial score (nSPS) is 15.8. The van der Waals surface area contributed by atoms with Gasteiger partial charge in [0.15, 0.2) is 0 Å². The summed E-state index contributed by atoms with van der Waals surface area (Å²) >= 11 is 5.95. The zero-order valence-electron chi connectivity index (χ0n) is 14.2. The first kappa shape index (κ1) is 19.4. The maximum Gasteiger partial charge on any atom is 0.416 e. The highest BCUT2D eigenvalue weighted by Crippen LogP contribution is 2.32. The largest absolute Gasteiger partial charge is 0.416 e. The third kappa shape index (κ3) is 4.70.